The van der Waals surface area contributed by atoms with Crippen molar-refractivity contribution < 1.29 is 9.53 Å². The second-order valence-electron chi connectivity index (χ2n) is 6.56. The fourth-order valence-electron chi connectivity index (χ4n) is 2.35. The van der Waals surface area contributed by atoms with Gasteiger partial charge in [0.2, 0.25) is 0 Å². The van der Waals surface area contributed by atoms with Gasteiger partial charge in [-0.15, -0.1) is 0 Å². The van der Waals surface area contributed by atoms with E-state index in [0.717, 1.165) is 25.8 Å². The van der Waals surface area contributed by atoms with E-state index in [-0.39, 0.29) is 18.2 Å². The van der Waals surface area contributed by atoms with Crippen LogP contribution in [0.3, 0.4) is 0 Å². The minimum absolute atomic E-state index is 0.0258. The van der Waals surface area contributed by atoms with Crippen molar-refractivity contribution in [2.45, 2.75) is 71.6 Å². The third kappa shape index (κ3) is 4.16. The van der Waals surface area contributed by atoms with E-state index in [1.165, 1.54) is 0 Å². The molecule has 2 unspecified atom stereocenters. The maximum absolute atomic E-state index is 12.2. The maximum Gasteiger partial charge on any atom is 0.410 e. The molecule has 0 aromatic rings. The van der Waals surface area contributed by atoms with Gasteiger partial charge in [0, 0.05) is 12.6 Å². The number of hydrogen-bond donors (Lipinski definition) is 1. The van der Waals surface area contributed by atoms with Crippen LogP contribution in [0.5, 0.6) is 0 Å². The number of rotatable bonds is 2. The molecule has 0 aromatic carbocycles. The molecule has 1 amide bonds. The first-order valence-electron chi connectivity index (χ1n) is 6.97. The van der Waals surface area contributed by atoms with Gasteiger partial charge in [-0.05, 0) is 46.0 Å². The SMILES string of the molecule is CC(C)C(N)C1CCCCN1C(=O)OC(C)(C)C. The summed E-state index contributed by atoms with van der Waals surface area (Å²) in [6.45, 7) is 10.7. The van der Waals surface area contributed by atoms with Crippen LogP contribution in [-0.2, 0) is 4.74 Å². The number of carbonyl (C=O) groups is 1. The Bertz CT molecular complexity index is 284. The smallest absolute Gasteiger partial charge is 0.410 e. The minimum Gasteiger partial charge on any atom is -0.444 e. The Balaban J connectivity index is 2.73. The van der Waals surface area contributed by atoms with Crippen LogP contribution >= 0.6 is 0 Å². The summed E-state index contributed by atoms with van der Waals surface area (Å²) in [6, 6.07) is 0.145. The van der Waals surface area contributed by atoms with Gasteiger partial charge < -0.3 is 15.4 Å². The quantitative estimate of drug-likeness (QED) is 0.826. The van der Waals surface area contributed by atoms with Crippen LogP contribution in [0.25, 0.3) is 0 Å². The molecule has 0 aliphatic carbocycles. The standard InChI is InChI=1S/C14H28N2O2/c1-10(2)12(15)11-8-6-7-9-16(11)13(17)18-14(3,4)5/h10-12H,6-9,15H2,1-5H3. The first-order valence-corrected chi connectivity index (χ1v) is 6.97. The zero-order valence-corrected chi connectivity index (χ0v) is 12.4. The van der Waals surface area contributed by atoms with E-state index in [9.17, 15) is 4.79 Å². The monoisotopic (exact) mass is 256 g/mol. The number of carbonyl (C=O) groups excluding carboxylic acids is 1. The highest BCUT2D eigenvalue weighted by Gasteiger charge is 2.34. The van der Waals surface area contributed by atoms with Crippen molar-refractivity contribution in [3.8, 4) is 0 Å². The largest absolute Gasteiger partial charge is 0.444 e. The lowest BCUT2D eigenvalue weighted by Crippen LogP contribution is -2.55. The summed E-state index contributed by atoms with van der Waals surface area (Å²) in [7, 11) is 0. The Morgan fingerprint density at radius 3 is 2.44 bits per heavy atom. The van der Waals surface area contributed by atoms with E-state index in [1.807, 2.05) is 25.7 Å². The first-order chi connectivity index (χ1) is 8.22. The predicted molar refractivity (Wildman–Crippen MR) is 73.4 cm³/mol. The Morgan fingerprint density at radius 2 is 1.94 bits per heavy atom. The normalized spacial score (nSPS) is 23.1. The fraction of sp³-hybridized carbons (Fsp3) is 0.929. The molecule has 4 nitrogen and oxygen atoms in total. The molecule has 0 spiro atoms. The summed E-state index contributed by atoms with van der Waals surface area (Å²) in [5, 5.41) is 0. The van der Waals surface area contributed by atoms with Gasteiger partial charge in [0.1, 0.15) is 5.60 Å². The van der Waals surface area contributed by atoms with Crippen molar-refractivity contribution in [1.82, 2.24) is 4.90 Å². The van der Waals surface area contributed by atoms with Crippen molar-refractivity contribution in [1.29, 1.82) is 0 Å². The van der Waals surface area contributed by atoms with Crippen LogP contribution in [-0.4, -0.2) is 35.2 Å². The zero-order valence-electron chi connectivity index (χ0n) is 12.4. The molecule has 1 rings (SSSR count). The van der Waals surface area contributed by atoms with Crippen molar-refractivity contribution in [3.63, 3.8) is 0 Å². The Hall–Kier alpha value is -0.770. The number of piperidine rings is 1. The molecule has 1 heterocycles. The summed E-state index contributed by atoms with van der Waals surface area (Å²) in [4.78, 5) is 14.0. The van der Waals surface area contributed by atoms with Crippen molar-refractivity contribution in [2.75, 3.05) is 6.54 Å². The molecule has 0 radical (unpaired) electrons. The van der Waals surface area contributed by atoms with Gasteiger partial charge in [-0.25, -0.2) is 4.79 Å². The van der Waals surface area contributed by atoms with E-state index in [2.05, 4.69) is 13.8 Å². The van der Waals surface area contributed by atoms with Gasteiger partial charge in [-0.2, -0.15) is 0 Å². The molecule has 1 aliphatic rings. The average molecular weight is 256 g/mol. The van der Waals surface area contributed by atoms with E-state index in [1.54, 1.807) is 0 Å². The lowest BCUT2D eigenvalue weighted by atomic mass is 9.90. The summed E-state index contributed by atoms with van der Waals surface area (Å²) >= 11 is 0. The van der Waals surface area contributed by atoms with Crippen molar-refractivity contribution in [3.05, 3.63) is 0 Å². The molecule has 4 heteroatoms. The summed E-state index contributed by atoms with van der Waals surface area (Å²) in [6.07, 6.45) is 2.95. The Morgan fingerprint density at radius 1 is 1.33 bits per heavy atom. The molecule has 0 bridgehead atoms. The Kier molecular flexibility index (Phi) is 5.02. The van der Waals surface area contributed by atoms with Gasteiger partial charge in [0.05, 0.1) is 6.04 Å². The number of hydrogen-bond acceptors (Lipinski definition) is 3. The lowest BCUT2D eigenvalue weighted by molar-refractivity contribution is 0.00453. The summed E-state index contributed by atoms with van der Waals surface area (Å²) in [5.74, 6) is 0.373. The van der Waals surface area contributed by atoms with Gasteiger partial charge in [-0.3, -0.25) is 0 Å². The topological polar surface area (TPSA) is 55.6 Å². The molecule has 2 N–H and O–H groups in total. The van der Waals surface area contributed by atoms with E-state index in [4.69, 9.17) is 10.5 Å². The molecular formula is C14H28N2O2. The molecular weight excluding hydrogens is 228 g/mol. The molecule has 1 aliphatic heterocycles. The van der Waals surface area contributed by atoms with E-state index < -0.39 is 5.60 Å². The van der Waals surface area contributed by atoms with Crippen molar-refractivity contribution in [2.24, 2.45) is 11.7 Å². The number of nitrogens with two attached hydrogens (primary N) is 1. The minimum atomic E-state index is -0.443. The van der Waals surface area contributed by atoms with Gasteiger partial charge in [0.25, 0.3) is 0 Å². The number of ether oxygens (including phenoxy) is 1. The van der Waals surface area contributed by atoms with Crippen LogP contribution in [0.2, 0.25) is 0 Å². The van der Waals surface area contributed by atoms with Crippen LogP contribution in [0.1, 0.15) is 53.9 Å². The first kappa shape index (κ1) is 15.3. The molecule has 0 saturated carbocycles. The van der Waals surface area contributed by atoms with Crippen molar-refractivity contribution >= 4 is 6.09 Å². The summed E-state index contributed by atoms with van der Waals surface area (Å²) in [5.41, 5.74) is 5.79. The second-order valence-corrected chi connectivity index (χ2v) is 6.56. The Labute approximate surface area is 111 Å². The van der Waals surface area contributed by atoms with Gasteiger partial charge in [0.15, 0.2) is 0 Å². The van der Waals surface area contributed by atoms with Gasteiger partial charge >= 0.3 is 6.09 Å². The molecule has 2 atom stereocenters. The zero-order chi connectivity index (χ0) is 13.9. The fourth-order valence-corrected chi connectivity index (χ4v) is 2.35. The lowest BCUT2D eigenvalue weighted by Gasteiger charge is -2.40. The van der Waals surface area contributed by atoms with Crippen LogP contribution in [0.4, 0.5) is 4.79 Å². The highest BCUT2D eigenvalue weighted by atomic mass is 16.6. The van der Waals surface area contributed by atoms with Crippen LogP contribution < -0.4 is 5.73 Å². The third-order valence-corrected chi connectivity index (χ3v) is 3.39. The molecule has 106 valence electrons. The number of amides is 1. The highest BCUT2D eigenvalue weighted by molar-refractivity contribution is 5.68. The number of nitrogens with zero attached hydrogens (tertiary/aromatic N) is 1. The van der Waals surface area contributed by atoms with Crippen LogP contribution in [0, 0.1) is 5.92 Å². The average Bonchev–Trinajstić information content (AvgIpc) is 2.25. The second kappa shape index (κ2) is 5.91. The highest BCUT2D eigenvalue weighted by Crippen LogP contribution is 2.24. The molecule has 18 heavy (non-hydrogen) atoms. The summed E-state index contributed by atoms with van der Waals surface area (Å²) < 4.78 is 5.47. The third-order valence-electron chi connectivity index (χ3n) is 3.39. The van der Waals surface area contributed by atoms with Crippen LogP contribution in [0.15, 0.2) is 0 Å². The molecule has 0 aromatic heterocycles. The van der Waals surface area contributed by atoms with E-state index >= 15 is 0 Å². The molecule has 1 fully saturated rings. The van der Waals surface area contributed by atoms with E-state index in [0.29, 0.717) is 5.92 Å². The maximum atomic E-state index is 12.2. The molecule has 1 saturated heterocycles. The number of likely N-dealkylation sites (tertiary alicyclic amines) is 1. The predicted octanol–water partition coefficient (Wildman–Crippen LogP) is 2.76. The van der Waals surface area contributed by atoms with Gasteiger partial charge in [-0.1, -0.05) is 13.8 Å².